The smallest absolute Gasteiger partial charge is 0.335 e. The summed E-state index contributed by atoms with van der Waals surface area (Å²) in [5, 5.41) is 10.4. The Bertz CT molecular complexity index is 1870. The highest BCUT2D eigenvalue weighted by molar-refractivity contribution is 6.76. The number of hydrogen-bond acceptors (Lipinski definition) is 6. The highest BCUT2D eigenvalue weighted by Gasteiger charge is 2.27. The molecular formula is C37H47N5O4Si. The van der Waals surface area contributed by atoms with Gasteiger partial charge in [0.25, 0.3) is 0 Å². The number of rotatable bonds is 12. The van der Waals surface area contributed by atoms with E-state index in [0.29, 0.717) is 24.8 Å². The van der Waals surface area contributed by atoms with Crippen LogP contribution in [0.3, 0.4) is 0 Å². The zero-order valence-corrected chi connectivity index (χ0v) is 29.5. The molecule has 10 heteroatoms. The van der Waals surface area contributed by atoms with E-state index in [1.54, 1.807) is 19.2 Å². The third-order valence-corrected chi connectivity index (χ3v) is 11.4. The van der Waals surface area contributed by atoms with Crippen LogP contribution in [0, 0.1) is 0 Å². The number of ether oxygens (including phenoxy) is 2. The average molecular weight is 654 g/mol. The standard InChI is InChI=1S/C37H47N5O4Si/c1-25(41-17-14-27(15-18-41)26-7-9-28(10-8-26)37(43)44)33-22-31-30(13-16-38-36(31)40(33)2)29-11-12-32-34(21-29)42(35(39-32)23-45-3)24-46-19-20-47(4,5)6/h7-13,16,21-22,25,27H,14-15,17-20,23-24H2,1-6H3,(H,43,44). The Kier molecular flexibility index (Phi) is 9.66. The Morgan fingerprint density at radius 3 is 2.49 bits per heavy atom. The first-order chi connectivity index (χ1) is 22.5. The lowest BCUT2D eigenvalue weighted by Gasteiger charge is -2.36. The molecule has 6 rings (SSSR count). The lowest BCUT2D eigenvalue weighted by Crippen LogP contribution is -2.35. The van der Waals surface area contributed by atoms with E-state index in [1.165, 1.54) is 11.3 Å². The Labute approximate surface area is 278 Å². The molecule has 1 aliphatic rings. The van der Waals surface area contributed by atoms with Crippen LogP contribution in [0.1, 0.15) is 59.2 Å². The van der Waals surface area contributed by atoms with Crippen LogP contribution < -0.4 is 0 Å². The van der Waals surface area contributed by atoms with Gasteiger partial charge >= 0.3 is 5.97 Å². The number of carboxylic acids is 1. The first kappa shape index (κ1) is 33.1. The summed E-state index contributed by atoms with van der Waals surface area (Å²) in [6.07, 6.45) is 4.00. The lowest BCUT2D eigenvalue weighted by molar-refractivity contribution is 0.0696. The molecule has 1 atom stereocenters. The molecule has 0 amide bonds. The van der Waals surface area contributed by atoms with Gasteiger partial charge in [-0.15, -0.1) is 0 Å². The zero-order chi connectivity index (χ0) is 33.3. The minimum Gasteiger partial charge on any atom is -0.478 e. The van der Waals surface area contributed by atoms with E-state index < -0.39 is 14.0 Å². The normalized spacial score (nSPS) is 15.5. The number of hydrogen-bond donors (Lipinski definition) is 1. The molecule has 2 aromatic carbocycles. The van der Waals surface area contributed by atoms with Crippen molar-refractivity contribution in [3.05, 3.63) is 83.4 Å². The van der Waals surface area contributed by atoms with Crippen LogP contribution in [-0.4, -0.2) is 70.0 Å². The molecule has 9 nitrogen and oxygen atoms in total. The number of aryl methyl sites for hydroxylation is 1. The molecular weight excluding hydrogens is 607 g/mol. The number of benzene rings is 2. The number of carbonyl (C=O) groups is 1. The van der Waals surface area contributed by atoms with Crippen molar-refractivity contribution in [1.82, 2.24) is 24.0 Å². The van der Waals surface area contributed by atoms with Crippen molar-refractivity contribution < 1.29 is 19.4 Å². The molecule has 0 aliphatic carbocycles. The number of fused-ring (bicyclic) bond motifs is 2. The summed E-state index contributed by atoms with van der Waals surface area (Å²) >= 11 is 0. The minimum atomic E-state index is -1.19. The number of pyridine rings is 1. The summed E-state index contributed by atoms with van der Waals surface area (Å²) in [6.45, 7) is 13.0. The largest absolute Gasteiger partial charge is 0.478 e. The second kappa shape index (κ2) is 13.7. The van der Waals surface area contributed by atoms with Crippen molar-refractivity contribution in [2.24, 2.45) is 7.05 Å². The SMILES string of the molecule is COCc1nc2ccc(-c3ccnc4c3cc(C(C)N3CCC(c5ccc(C(=O)O)cc5)CC3)n4C)cc2n1COCC[Si](C)(C)C. The van der Waals surface area contributed by atoms with Crippen LogP contribution in [-0.2, 0) is 29.9 Å². The van der Waals surface area contributed by atoms with E-state index in [2.05, 4.69) is 78.0 Å². The fourth-order valence-corrected chi connectivity index (χ4v) is 7.61. The molecule has 5 aromatic rings. The summed E-state index contributed by atoms with van der Waals surface area (Å²) in [5.74, 6) is 0.430. The maximum absolute atomic E-state index is 11.3. The van der Waals surface area contributed by atoms with Crippen LogP contribution in [0.25, 0.3) is 33.2 Å². The van der Waals surface area contributed by atoms with Crippen LogP contribution in [0.5, 0.6) is 0 Å². The Morgan fingerprint density at radius 2 is 1.81 bits per heavy atom. The van der Waals surface area contributed by atoms with Gasteiger partial charge in [0.2, 0.25) is 0 Å². The Morgan fingerprint density at radius 1 is 1.06 bits per heavy atom. The number of aromatic nitrogens is 4. The number of nitrogens with zero attached hydrogens (tertiary/aromatic N) is 5. The average Bonchev–Trinajstić information content (AvgIpc) is 3.58. The van der Waals surface area contributed by atoms with Gasteiger partial charge in [-0.2, -0.15) is 0 Å². The monoisotopic (exact) mass is 653 g/mol. The fourth-order valence-electron chi connectivity index (χ4n) is 6.85. The molecule has 4 heterocycles. The molecule has 3 aromatic heterocycles. The predicted octanol–water partition coefficient (Wildman–Crippen LogP) is 7.69. The van der Waals surface area contributed by atoms with Crippen molar-refractivity contribution in [2.75, 3.05) is 26.8 Å². The molecule has 1 unspecified atom stereocenters. The van der Waals surface area contributed by atoms with Gasteiger partial charge < -0.3 is 23.7 Å². The van der Waals surface area contributed by atoms with Crippen molar-refractivity contribution in [1.29, 1.82) is 0 Å². The van der Waals surface area contributed by atoms with Crippen molar-refractivity contribution in [2.45, 2.75) is 70.7 Å². The highest BCUT2D eigenvalue weighted by Crippen LogP contribution is 2.37. The third kappa shape index (κ3) is 7.06. The third-order valence-electron chi connectivity index (χ3n) is 9.73. The van der Waals surface area contributed by atoms with Gasteiger partial charge in [0.1, 0.15) is 24.8 Å². The second-order valence-electron chi connectivity index (χ2n) is 14.1. The summed E-state index contributed by atoms with van der Waals surface area (Å²) in [7, 11) is 2.63. The van der Waals surface area contributed by atoms with Gasteiger partial charge in [-0.05, 0) is 97.9 Å². The maximum Gasteiger partial charge on any atom is 0.335 e. The summed E-state index contributed by atoms with van der Waals surface area (Å²) in [5.41, 5.74) is 8.03. The Balaban J connectivity index is 1.24. The van der Waals surface area contributed by atoms with Crippen molar-refractivity contribution in [3.8, 4) is 11.1 Å². The molecule has 1 fully saturated rings. The van der Waals surface area contributed by atoms with E-state index in [-0.39, 0.29) is 6.04 Å². The van der Waals surface area contributed by atoms with E-state index in [4.69, 9.17) is 19.4 Å². The van der Waals surface area contributed by atoms with E-state index in [0.717, 1.165) is 77.6 Å². The first-order valence-electron chi connectivity index (χ1n) is 16.6. The molecule has 1 N–H and O–H groups in total. The number of carboxylic acid groups (broad SMARTS) is 1. The molecule has 0 bridgehead atoms. The quantitative estimate of drug-likeness (QED) is 0.109. The predicted molar refractivity (Wildman–Crippen MR) is 190 cm³/mol. The van der Waals surface area contributed by atoms with Crippen LogP contribution in [0.2, 0.25) is 25.7 Å². The van der Waals surface area contributed by atoms with Gasteiger partial charge in [0, 0.05) is 52.2 Å². The summed E-state index contributed by atoms with van der Waals surface area (Å²) < 4.78 is 16.1. The minimum absolute atomic E-state index is 0.228. The topological polar surface area (TPSA) is 94.6 Å². The lowest BCUT2D eigenvalue weighted by atomic mass is 9.88. The second-order valence-corrected chi connectivity index (χ2v) is 19.7. The number of imidazole rings is 1. The molecule has 47 heavy (non-hydrogen) atoms. The molecule has 0 saturated carbocycles. The number of methoxy groups -OCH3 is 1. The van der Waals surface area contributed by atoms with Gasteiger partial charge in [-0.25, -0.2) is 14.8 Å². The summed E-state index contributed by atoms with van der Waals surface area (Å²) in [6, 6.07) is 19.7. The van der Waals surface area contributed by atoms with Crippen molar-refractivity contribution >= 4 is 36.1 Å². The van der Waals surface area contributed by atoms with E-state index in [1.807, 2.05) is 18.3 Å². The maximum atomic E-state index is 11.3. The molecule has 248 valence electrons. The van der Waals surface area contributed by atoms with Gasteiger partial charge in [0.15, 0.2) is 0 Å². The zero-order valence-electron chi connectivity index (χ0n) is 28.5. The van der Waals surface area contributed by atoms with Crippen LogP contribution in [0.15, 0.2) is 60.8 Å². The summed E-state index contributed by atoms with van der Waals surface area (Å²) in [4.78, 5) is 23.5. The molecule has 0 radical (unpaired) electrons. The molecule has 0 spiro atoms. The van der Waals surface area contributed by atoms with Crippen LogP contribution in [0.4, 0.5) is 0 Å². The molecule has 1 aliphatic heterocycles. The Hall–Kier alpha value is -3.83. The number of piperidine rings is 1. The van der Waals surface area contributed by atoms with E-state index >= 15 is 0 Å². The fraction of sp³-hybridized carbons (Fsp3) is 0.432. The van der Waals surface area contributed by atoms with Gasteiger partial charge in [0.05, 0.1) is 16.6 Å². The van der Waals surface area contributed by atoms with Crippen LogP contribution >= 0.6 is 0 Å². The number of aromatic carboxylic acids is 1. The van der Waals surface area contributed by atoms with Gasteiger partial charge in [-0.3, -0.25) is 4.90 Å². The number of likely N-dealkylation sites (tertiary alicyclic amines) is 1. The van der Waals surface area contributed by atoms with E-state index in [9.17, 15) is 9.90 Å². The van der Waals surface area contributed by atoms with Gasteiger partial charge in [-0.1, -0.05) is 37.8 Å². The first-order valence-corrected chi connectivity index (χ1v) is 20.3. The molecule has 1 saturated heterocycles. The van der Waals surface area contributed by atoms with Crippen molar-refractivity contribution in [3.63, 3.8) is 0 Å². The highest BCUT2D eigenvalue weighted by atomic mass is 28.3.